The minimum Gasteiger partial charge on any atom is -0.482 e. The van der Waals surface area contributed by atoms with Crippen molar-refractivity contribution in [3.8, 4) is 5.75 Å². The molecule has 2 aromatic rings. The van der Waals surface area contributed by atoms with Gasteiger partial charge in [-0.15, -0.1) is 0 Å². The number of benzene rings is 2. The van der Waals surface area contributed by atoms with Crippen molar-refractivity contribution in [3.63, 3.8) is 0 Å². The molecular formula is C22H25Cl2FN2O3. The number of hydrogen-bond donors (Lipinski definition) is 1. The summed E-state index contributed by atoms with van der Waals surface area (Å²) >= 11 is 12.0. The number of nitrogens with zero attached hydrogens (tertiary/aromatic N) is 1. The lowest BCUT2D eigenvalue weighted by Crippen LogP contribution is -2.49. The van der Waals surface area contributed by atoms with Gasteiger partial charge < -0.3 is 15.0 Å². The van der Waals surface area contributed by atoms with Crippen LogP contribution >= 0.6 is 23.2 Å². The van der Waals surface area contributed by atoms with E-state index in [4.69, 9.17) is 27.9 Å². The van der Waals surface area contributed by atoms with E-state index in [1.54, 1.807) is 31.2 Å². The number of amides is 2. The van der Waals surface area contributed by atoms with Gasteiger partial charge in [0.15, 0.2) is 6.61 Å². The molecule has 1 atom stereocenters. The second kappa shape index (κ2) is 11.8. The number of ether oxygens (including phenoxy) is 1. The first-order valence-electron chi connectivity index (χ1n) is 9.71. The molecule has 1 N–H and O–H groups in total. The molecule has 162 valence electrons. The fourth-order valence-corrected chi connectivity index (χ4v) is 3.18. The predicted molar refractivity (Wildman–Crippen MR) is 116 cm³/mol. The van der Waals surface area contributed by atoms with E-state index in [1.807, 2.05) is 6.92 Å². The number of carbonyl (C=O) groups excluding carboxylic acids is 2. The van der Waals surface area contributed by atoms with Crippen LogP contribution in [0.3, 0.4) is 0 Å². The average molecular weight is 455 g/mol. The lowest BCUT2D eigenvalue weighted by atomic mass is 10.1. The summed E-state index contributed by atoms with van der Waals surface area (Å²) in [6, 6.07) is 9.74. The largest absolute Gasteiger partial charge is 0.482 e. The zero-order chi connectivity index (χ0) is 22.1. The minimum atomic E-state index is -0.733. The van der Waals surface area contributed by atoms with E-state index in [0.29, 0.717) is 22.9 Å². The van der Waals surface area contributed by atoms with Crippen molar-refractivity contribution < 1.29 is 18.7 Å². The van der Waals surface area contributed by atoms with E-state index < -0.39 is 11.9 Å². The summed E-state index contributed by atoms with van der Waals surface area (Å²) in [5.74, 6) is -0.717. The molecule has 8 heteroatoms. The average Bonchev–Trinajstić information content (AvgIpc) is 2.72. The Morgan fingerprint density at radius 2 is 1.87 bits per heavy atom. The van der Waals surface area contributed by atoms with Gasteiger partial charge >= 0.3 is 0 Å². The highest BCUT2D eigenvalue weighted by atomic mass is 35.5. The highest BCUT2D eigenvalue weighted by Crippen LogP contribution is 2.27. The van der Waals surface area contributed by atoms with Gasteiger partial charge in [-0.25, -0.2) is 4.39 Å². The third-order valence-corrected chi connectivity index (χ3v) is 5.04. The number of hydrogen-bond acceptors (Lipinski definition) is 3. The Balaban J connectivity index is 2.12. The van der Waals surface area contributed by atoms with Crippen molar-refractivity contribution in [2.24, 2.45) is 0 Å². The maximum Gasteiger partial charge on any atom is 0.261 e. The molecule has 0 unspecified atom stereocenters. The molecule has 5 nitrogen and oxygen atoms in total. The molecular weight excluding hydrogens is 430 g/mol. The third-order valence-electron chi connectivity index (χ3n) is 4.51. The molecule has 0 aliphatic rings. The van der Waals surface area contributed by atoms with Gasteiger partial charge in [0, 0.05) is 18.1 Å². The fraction of sp³-hybridized carbons (Fsp3) is 0.364. The van der Waals surface area contributed by atoms with Gasteiger partial charge in [-0.3, -0.25) is 9.59 Å². The Bertz CT molecular complexity index is 862. The van der Waals surface area contributed by atoms with Crippen molar-refractivity contribution >= 4 is 35.0 Å². The van der Waals surface area contributed by atoms with Crippen LogP contribution in [0.4, 0.5) is 4.39 Å². The first-order valence-corrected chi connectivity index (χ1v) is 10.5. The predicted octanol–water partition coefficient (Wildman–Crippen LogP) is 4.84. The summed E-state index contributed by atoms with van der Waals surface area (Å²) in [6.45, 7) is 4.04. The Morgan fingerprint density at radius 1 is 1.17 bits per heavy atom. The molecule has 2 aromatic carbocycles. The summed E-state index contributed by atoms with van der Waals surface area (Å²) in [7, 11) is 0. The second-order valence-electron chi connectivity index (χ2n) is 6.83. The number of carbonyl (C=O) groups is 2. The minimum absolute atomic E-state index is 0.138. The van der Waals surface area contributed by atoms with Crippen LogP contribution in [0, 0.1) is 5.82 Å². The molecule has 0 heterocycles. The lowest BCUT2D eigenvalue weighted by Gasteiger charge is -2.28. The molecule has 0 bridgehead atoms. The number of unbranched alkanes of at least 4 members (excludes halogenated alkanes) is 1. The number of rotatable bonds is 10. The van der Waals surface area contributed by atoms with Crippen LogP contribution in [-0.2, 0) is 16.1 Å². The van der Waals surface area contributed by atoms with E-state index >= 15 is 0 Å². The zero-order valence-corrected chi connectivity index (χ0v) is 18.5. The Kier molecular flexibility index (Phi) is 9.40. The summed E-state index contributed by atoms with van der Waals surface area (Å²) < 4.78 is 18.8. The summed E-state index contributed by atoms with van der Waals surface area (Å²) in [6.07, 6.45) is 1.80. The molecule has 0 saturated carbocycles. The van der Waals surface area contributed by atoms with E-state index in [9.17, 15) is 14.0 Å². The van der Waals surface area contributed by atoms with Gasteiger partial charge in [0.2, 0.25) is 5.91 Å². The molecule has 0 aliphatic heterocycles. The highest BCUT2D eigenvalue weighted by molar-refractivity contribution is 6.35. The molecule has 2 amide bonds. The van der Waals surface area contributed by atoms with Crippen molar-refractivity contribution in [3.05, 3.63) is 63.9 Å². The molecule has 0 aliphatic carbocycles. The first-order chi connectivity index (χ1) is 14.3. The summed E-state index contributed by atoms with van der Waals surface area (Å²) in [5, 5.41) is 3.57. The first kappa shape index (κ1) is 24.0. The van der Waals surface area contributed by atoms with E-state index in [2.05, 4.69) is 5.32 Å². The Hall–Kier alpha value is -2.31. The Labute approximate surface area is 186 Å². The van der Waals surface area contributed by atoms with Gasteiger partial charge in [-0.2, -0.15) is 0 Å². The van der Waals surface area contributed by atoms with Crippen LogP contribution in [-0.4, -0.2) is 35.9 Å². The summed E-state index contributed by atoms with van der Waals surface area (Å²) in [5.41, 5.74) is 0.697. The van der Waals surface area contributed by atoms with Crippen LogP contribution in [0.5, 0.6) is 5.75 Å². The van der Waals surface area contributed by atoms with Gasteiger partial charge in [0.25, 0.3) is 5.91 Å². The maximum absolute atomic E-state index is 13.2. The second-order valence-corrected chi connectivity index (χ2v) is 7.68. The van der Waals surface area contributed by atoms with Crippen LogP contribution in [0.1, 0.15) is 32.3 Å². The van der Waals surface area contributed by atoms with Crippen LogP contribution in [0.15, 0.2) is 42.5 Å². The highest BCUT2D eigenvalue weighted by Gasteiger charge is 2.26. The standard InChI is InChI=1S/C22H25Cl2FN2O3/c1-3-4-11-26-22(29)15(2)27(13-16-5-8-18(25)9-6-16)21(28)14-30-20-10-7-17(23)12-19(20)24/h5-10,12,15H,3-4,11,13-14H2,1-2H3,(H,26,29)/t15-/m1/s1. The van der Waals surface area contributed by atoms with Crippen LogP contribution in [0.2, 0.25) is 10.0 Å². The molecule has 2 rings (SSSR count). The normalized spacial score (nSPS) is 11.6. The quantitative estimate of drug-likeness (QED) is 0.522. The van der Waals surface area contributed by atoms with E-state index in [-0.39, 0.29) is 29.9 Å². The van der Waals surface area contributed by atoms with Crippen molar-refractivity contribution in [1.29, 1.82) is 0 Å². The third kappa shape index (κ3) is 7.18. The van der Waals surface area contributed by atoms with Gasteiger partial charge in [0.05, 0.1) is 5.02 Å². The summed E-state index contributed by atoms with van der Waals surface area (Å²) in [4.78, 5) is 26.9. The van der Waals surface area contributed by atoms with Gasteiger partial charge in [0.1, 0.15) is 17.6 Å². The molecule has 0 saturated heterocycles. The Morgan fingerprint density at radius 3 is 2.50 bits per heavy atom. The van der Waals surface area contributed by atoms with Crippen molar-refractivity contribution in [1.82, 2.24) is 10.2 Å². The van der Waals surface area contributed by atoms with Gasteiger partial charge in [-0.1, -0.05) is 48.7 Å². The van der Waals surface area contributed by atoms with Crippen LogP contribution < -0.4 is 10.1 Å². The van der Waals surface area contributed by atoms with Crippen LogP contribution in [0.25, 0.3) is 0 Å². The topological polar surface area (TPSA) is 58.6 Å². The monoisotopic (exact) mass is 454 g/mol. The molecule has 0 fully saturated rings. The zero-order valence-electron chi connectivity index (χ0n) is 17.0. The SMILES string of the molecule is CCCCNC(=O)[C@@H](C)N(Cc1ccc(F)cc1)C(=O)COc1ccc(Cl)cc1Cl. The maximum atomic E-state index is 13.2. The molecule has 0 aromatic heterocycles. The van der Waals surface area contributed by atoms with E-state index in [0.717, 1.165) is 12.8 Å². The fourth-order valence-electron chi connectivity index (χ4n) is 2.72. The molecule has 0 radical (unpaired) electrons. The molecule has 30 heavy (non-hydrogen) atoms. The van der Waals surface area contributed by atoms with E-state index in [1.165, 1.54) is 23.1 Å². The number of nitrogens with one attached hydrogen (secondary N) is 1. The van der Waals surface area contributed by atoms with Crippen molar-refractivity contribution in [2.75, 3.05) is 13.2 Å². The smallest absolute Gasteiger partial charge is 0.261 e. The van der Waals surface area contributed by atoms with Gasteiger partial charge in [-0.05, 0) is 49.2 Å². The van der Waals surface area contributed by atoms with Crippen molar-refractivity contribution in [2.45, 2.75) is 39.3 Å². The number of halogens is 3. The lowest BCUT2D eigenvalue weighted by molar-refractivity contribution is -0.142. The molecule has 0 spiro atoms.